The van der Waals surface area contributed by atoms with Gasteiger partial charge < -0.3 is 20.9 Å². The van der Waals surface area contributed by atoms with E-state index in [2.05, 4.69) is 57.1 Å². The number of pyridine rings is 1. The van der Waals surface area contributed by atoms with E-state index in [1.807, 2.05) is 18.2 Å². The fourth-order valence-corrected chi connectivity index (χ4v) is 4.19. The van der Waals surface area contributed by atoms with Crippen molar-refractivity contribution in [2.75, 3.05) is 19.6 Å². The van der Waals surface area contributed by atoms with E-state index in [1.54, 1.807) is 12.4 Å². The molecule has 4 rings (SSSR count). The van der Waals surface area contributed by atoms with E-state index < -0.39 is 0 Å². The summed E-state index contributed by atoms with van der Waals surface area (Å²) in [6.07, 6.45) is 5.88. The topological polar surface area (TPSA) is 98.9 Å². The third-order valence-electron chi connectivity index (χ3n) is 6.22. The summed E-state index contributed by atoms with van der Waals surface area (Å²) in [5, 5.41) is 9.72. The standard InChI is InChI=1S/C24H29N5O2/c1-17(24(8-9-24)19-5-3-2-4-6-19)12-26-15-22(30)28-16-23(31)27-14-20-11-18-13-25-10-7-21(18)29-20/h2-7,10-11,13,17,26,29H,8-9,12,14-16H2,1H3,(H,27,31)(H,28,30). The zero-order valence-corrected chi connectivity index (χ0v) is 17.8. The number of amides is 2. The lowest BCUT2D eigenvalue weighted by molar-refractivity contribution is -0.125. The van der Waals surface area contributed by atoms with Crippen LogP contribution < -0.4 is 16.0 Å². The monoisotopic (exact) mass is 419 g/mol. The number of aromatic nitrogens is 2. The Morgan fingerprint density at radius 1 is 1.10 bits per heavy atom. The summed E-state index contributed by atoms with van der Waals surface area (Å²) in [5.41, 5.74) is 3.50. The lowest BCUT2D eigenvalue weighted by atomic mass is 9.84. The first kappa shape index (κ1) is 21.1. The summed E-state index contributed by atoms with van der Waals surface area (Å²) in [5.74, 6) is 0.0422. The van der Waals surface area contributed by atoms with Crippen molar-refractivity contribution in [2.24, 2.45) is 5.92 Å². The van der Waals surface area contributed by atoms with Gasteiger partial charge in [0.1, 0.15) is 0 Å². The molecule has 0 radical (unpaired) electrons. The summed E-state index contributed by atoms with van der Waals surface area (Å²) in [7, 11) is 0. The van der Waals surface area contributed by atoms with Gasteiger partial charge in [-0.05, 0) is 48.4 Å². The minimum absolute atomic E-state index is 0.0359. The van der Waals surface area contributed by atoms with E-state index in [-0.39, 0.29) is 30.3 Å². The second kappa shape index (κ2) is 9.31. The van der Waals surface area contributed by atoms with Crippen LogP contribution in [-0.4, -0.2) is 41.4 Å². The highest BCUT2D eigenvalue weighted by molar-refractivity contribution is 5.85. The lowest BCUT2D eigenvalue weighted by Gasteiger charge is -2.24. The Hall–Kier alpha value is -3.19. The number of carbonyl (C=O) groups is 2. The van der Waals surface area contributed by atoms with Gasteiger partial charge in [-0.1, -0.05) is 37.3 Å². The Morgan fingerprint density at radius 3 is 2.61 bits per heavy atom. The molecule has 0 saturated heterocycles. The Labute approximate surface area is 182 Å². The maximum absolute atomic E-state index is 12.1. The number of aromatic amines is 1. The third kappa shape index (κ3) is 5.11. The molecule has 1 unspecified atom stereocenters. The van der Waals surface area contributed by atoms with Crippen LogP contribution in [0.3, 0.4) is 0 Å². The number of carbonyl (C=O) groups excluding carboxylic acids is 2. The summed E-state index contributed by atoms with van der Waals surface area (Å²) in [4.78, 5) is 31.4. The summed E-state index contributed by atoms with van der Waals surface area (Å²) < 4.78 is 0. The molecule has 31 heavy (non-hydrogen) atoms. The van der Waals surface area contributed by atoms with Crippen LogP contribution in [0.25, 0.3) is 10.9 Å². The van der Waals surface area contributed by atoms with E-state index in [1.165, 1.54) is 18.4 Å². The number of hydrogen-bond donors (Lipinski definition) is 4. The first-order valence-corrected chi connectivity index (χ1v) is 10.8. The lowest BCUT2D eigenvalue weighted by Crippen LogP contribution is -2.42. The van der Waals surface area contributed by atoms with Gasteiger partial charge in [0.05, 0.1) is 19.6 Å². The maximum atomic E-state index is 12.1. The molecule has 2 heterocycles. The van der Waals surface area contributed by atoms with Crippen LogP contribution in [0.15, 0.2) is 54.9 Å². The Morgan fingerprint density at radius 2 is 1.87 bits per heavy atom. The molecule has 0 spiro atoms. The smallest absolute Gasteiger partial charge is 0.239 e. The number of fused-ring (bicyclic) bond motifs is 1. The molecule has 0 bridgehead atoms. The van der Waals surface area contributed by atoms with Crippen molar-refractivity contribution < 1.29 is 9.59 Å². The largest absolute Gasteiger partial charge is 0.357 e. The predicted octanol–water partition coefficient (Wildman–Crippen LogP) is 2.25. The van der Waals surface area contributed by atoms with Crippen molar-refractivity contribution in [2.45, 2.75) is 31.7 Å². The SMILES string of the molecule is CC(CNCC(=O)NCC(=O)NCc1cc2cnccc2[nH]1)C1(c2ccccc2)CC1. The van der Waals surface area contributed by atoms with Crippen LogP contribution in [0.4, 0.5) is 0 Å². The van der Waals surface area contributed by atoms with Gasteiger partial charge in [0.2, 0.25) is 11.8 Å². The second-order valence-electron chi connectivity index (χ2n) is 8.37. The highest BCUT2D eigenvalue weighted by Gasteiger charge is 2.48. The van der Waals surface area contributed by atoms with Crippen molar-refractivity contribution in [1.29, 1.82) is 0 Å². The average Bonchev–Trinajstić information content (AvgIpc) is 3.50. The Kier molecular flexibility index (Phi) is 6.32. The van der Waals surface area contributed by atoms with E-state index in [0.29, 0.717) is 12.5 Å². The maximum Gasteiger partial charge on any atom is 0.239 e. The van der Waals surface area contributed by atoms with Gasteiger partial charge in [0.15, 0.2) is 0 Å². The number of nitrogens with zero attached hydrogens (tertiary/aromatic N) is 1. The zero-order chi connectivity index (χ0) is 21.7. The first-order valence-electron chi connectivity index (χ1n) is 10.8. The number of H-pyrrole nitrogens is 1. The van der Waals surface area contributed by atoms with Gasteiger partial charge in [-0.25, -0.2) is 0 Å². The molecule has 1 fully saturated rings. The molecular formula is C24H29N5O2. The van der Waals surface area contributed by atoms with Gasteiger partial charge in [-0.15, -0.1) is 0 Å². The number of benzene rings is 1. The summed E-state index contributed by atoms with van der Waals surface area (Å²) >= 11 is 0. The minimum atomic E-state index is -0.223. The van der Waals surface area contributed by atoms with Crippen molar-refractivity contribution in [1.82, 2.24) is 25.9 Å². The fourth-order valence-electron chi connectivity index (χ4n) is 4.19. The van der Waals surface area contributed by atoms with Crippen LogP contribution in [0, 0.1) is 5.92 Å². The van der Waals surface area contributed by atoms with Crippen molar-refractivity contribution in [3.63, 3.8) is 0 Å². The number of nitrogens with one attached hydrogen (secondary N) is 4. The van der Waals surface area contributed by atoms with Crippen molar-refractivity contribution in [3.8, 4) is 0 Å². The molecule has 7 nitrogen and oxygen atoms in total. The number of rotatable bonds is 10. The Balaban J connectivity index is 1.14. The molecule has 1 aliphatic carbocycles. The van der Waals surface area contributed by atoms with E-state index in [4.69, 9.17) is 0 Å². The van der Waals surface area contributed by atoms with Crippen LogP contribution in [0.1, 0.15) is 31.0 Å². The van der Waals surface area contributed by atoms with Crippen molar-refractivity contribution in [3.05, 3.63) is 66.1 Å². The molecule has 2 amide bonds. The minimum Gasteiger partial charge on any atom is -0.357 e. The molecular weight excluding hydrogens is 390 g/mol. The van der Waals surface area contributed by atoms with Crippen LogP contribution in [-0.2, 0) is 21.5 Å². The van der Waals surface area contributed by atoms with E-state index in [0.717, 1.165) is 23.1 Å². The molecule has 1 atom stereocenters. The van der Waals surface area contributed by atoms with Gasteiger partial charge in [0, 0.05) is 29.0 Å². The molecule has 0 aliphatic heterocycles. The summed E-state index contributed by atoms with van der Waals surface area (Å²) in [6, 6.07) is 14.4. The summed E-state index contributed by atoms with van der Waals surface area (Å²) in [6.45, 7) is 3.55. The molecule has 4 N–H and O–H groups in total. The van der Waals surface area contributed by atoms with Gasteiger partial charge >= 0.3 is 0 Å². The Bertz CT molecular complexity index is 1010. The van der Waals surface area contributed by atoms with E-state index >= 15 is 0 Å². The molecule has 3 aromatic rings. The zero-order valence-electron chi connectivity index (χ0n) is 17.8. The van der Waals surface area contributed by atoms with E-state index in [9.17, 15) is 9.59 Å². The molecule has 2 aromatic heterocycles. The predicted molar refractivity (Wildman–Crippen MR) is 120 cm³/mol. The van der Waals surface area contributed by atoms with Gasteiger partial charge in [-0.2, -0.15) is 0 Å². The number of hydrogen-bond acceptors (Lipinski definition) is 4. The van der Waals surface area contributed by atoms with Crippen molar-refractivity contribution >= 4 is 22.7 Å². The van der Waals surface area contributed by atoms with Crippen LogP contribution in [0.5, 0.6) is 0 Å². The van der Waals surface area contributed by atoms with Crippen LogP contribution in [0.2, 0.25) is 0 Å². The van der Waals surface area contributed by atoms with Gasteiger partial charge in [-0.3, -0.25) is 14.6 Å². The first-order chi connectivity index (χ1) is 15.1. The normalized spacial score (nSPS) is 15.4. The quantitative estimate of drug-likeness (QED) is 0.405. The highest BCUT2D eigenvalue weighted by atomic mass is 16.2. The highest BCUT2D eigenvalue weighted by Crippen LogP contribution is 2.53. The van der Waals surface area contributed by atoms with Crippen LogP contribution >= 0.6 is 0 Å². The second-order valence-corrected chi connectivity index (χ2v) is 8.37. The molecule has 1 aromatic carbocycles. The van der Waals surface area contributed by atoms with Gasteiger partial charge in [0.25, 0.3) is 0 Å². The molecule has 1 saturated carbocycles. The molecule has 162 valence electrons. The molecule has 1 aliphatic rings. The third-order valence-corrected chi connectivity index (χ3v) is 6.22. The fraction of sp³-hybridized carbons (Fsp3) is 0.375. The molecule has 7 heteroatoms. The average molecular weight is 420 g/mol.